The van der Waals surface area contributed by atoms with Gasteiger partial charge in [-0.2, -0.15) is 11.3 Å². The summed E-state index contributed by atoms with van der Waals surface area (Å²) in [5, 5.41) is 6.62. The van der Waals surface area contributed by atoms with Gasteiger partial charge in [0.25, 0.3) is 11.8 Å². The summed E-state index contributed by atoms with van der Waals surface area (Å²) in [6.07, 6.45) is 2.92. The summed E-state index contributed by atoms with van der Waals surface area (Å²) in [6.45, 7) is 5.27. The average molecular weight is 455 g/mol. The molecule has 4 heterocycles. The molecular formula is C23H30N6O2S. The van der Waals surface area contributed by atoms with Gasteiger partial charge in [0.2, 0.25) is 0 Å². The molecule has 1 aliphatic rings. The number of amides is 2. The number of pyridine rings is 1. The topological polar surface area (TPSA) is 73.2 Å². The first-order valence-electron chi connectivity index (χ1n) is 10.9. The van der Waals surface area contributed by atoms with Gasteiger partial charge in [0, 0.05) is 50.4 Å². The Labute approximate surface area is 192 Å². The van der Waals surface area contributed by atoms with Gasteiger partial charge in [-0.25, -0.2) is 4.98 Å². The van der Waals surface area contributed by atoms with E-state index in [4.69, 9.17) is 4.98 Å². The fourth-order valence-corrected chi connectivity index (χ4v) is 4.77. The molecule has 3 aromatic heterocycles. The Balaban J connectivity index is 1.57. The van der Waals surface area contributed by atoms with E-state index in [-0.39, 0.29) is 11.8 Å². The number of hydrogen-bond acceptors (Lipinski definition) is 6. The minimum atomic E-state index is -0.227. The SMILES string of the molecule is CNC(=O)c1c(-c2ccsc2)nc2c(C(=O)N3CCN(CCCN(C)C)CC3)cccn12. The lowest BCUT2D eigenvalue weighted by molar-refractivity contribution is 0.0635. The zero-order valence-corrected chi connectivity index (χ0v) is 19.7. The van der Waals surface area contributed by atoms with Crippen molar-refractivity contribution in [3.05, 3.63) is 46.4 Å². The van der Waals surface area contributed by atoms with Crippen LogP contribution in [0.15, 0.2) is 35.2 Å². The van der Waals surface area contributed by atoms with Gasteiger partial charge in [0.1, 0.15) is 11.4 Å². The molecule has 1 aliphatic heterocycles. The van der Waals surface area contributed by atoms with Crippen LogP contribution in [0.2, 0.25) is 0 Å². The summed E-state index contributed by atoms with van der Waals surface area (Å²) in [5.41, 5.74) is 2.96. The van der Waals surface area contributed by atoms with Gasteiger partial charge in [-0.3, -0.25) is 18.9 Å². The minimum absolute atomic E-state index is 0.0335. The predicted octanol–water partition coefficient (Wildman–Crippen LogP) is 2.13. The van der Waals surface area contributed by atoms with Gasteiger partial charge in [-0.15, -0.1) is 0 Å². The molecule has 0 spiro atoms. The zero-order valence-electron chi connectivity index (χ0n) is 18.9. The summed E-state index contributed by atoms with van der Waals surface area (Å²) in [6, 6.07) is 5.55. The van der Waals surface area contributed by atoms with Crippen molar-refractivity contribution in [2.75, 3.05) is 60.4 Å². The van der Waals surface area contributed by atoms with Crippen LogP contribution >= 0.6 is 11.3 Å². The van der Waals surface area contributed by atoms with Crippen LogP contribution in [0.3, 0.4) is 0 Å². The van der Waals surface area contributed by atoms with Crippen LogP contribution in [-0.2, 0) is 0 Å². The third-order valence-electron chi connectivity index (χ3n) is 5.86. The number of piperazine rings is 1. The lowest BCUT2D eigenvalue weighted by Crippen LogP contribution is -2.49. The lowest BCUT2D eigenvalue weighted by atomic mass is 10.2. The van der Waals surface area contributed by atoms with Gasteiger partial charge >= 0.3 is 0 Å². The largest absolute Gasteiger partial charge is 0.354 e. The third-order valence-corrected chi connectivity index (χ3v) is 6.54. The van der Waals surface area contributed by atoms with Gasteiger partial charge in [-0.1, -0.05) is 0 Å². The highest BCUT2D eigenvalue weighted by molar-refractivity contribution is 7.08. The number of hydrogen-bond donors (Lipinski definition) is 1. The number of carbonyl (C=O) groups is 2. The molecule has 0 radical (unpaired) electrons. The van der Waals surface area contributed by atoms with Crippen molar-refractivity contribution < 1.29 is 9.59 Å². The van der Waals surface area contributed by atoms with Crippen LogP contribution in [0.1, 0.15) is 27.3 Å². The van der Waals surface area contributed by atoms with Crippen molar-refractivity contribution in [3.63, 3.8) is 0 Å². The van der Waals surface area contributed by atoms with Crippen molar-refractivity contribution in [2.24, 2.45) is 0 Å². The Morgan fingerprint density at radius 1 is 1.19 bits per heavy atom. The highest BCUT2D eigenvalue weighted by Gasteiger charge is 2.27. The average Bonchev–Trinajstić information content (AvgIpc) is 3.46. The molecular weight excluding hydrogens is 424 g/mol. The Morgan fingerprint density at radius 3 is 2.62 bits per heavy atom. The fourth-order valence-electron chi connectivity index (χ4n) is 4.13. The van der Waals surface area contributed by atoms with Crippen molar-refractivity contribution in [3.8, 4) is 11.3 Å². The molecule has 0 saturated carbocycles. The summed E-state index contributed by atoms with van der Waals surface area (Å²) in [4.78, 5) is 37.4. The van der Waals surface area contributed by atoms with E-state index in [9.17, 15) is 9.59 Å². The number of fused-ring (bicyclic) bond motifs is 1. The molecule has 0 aromatic carbocycles. The van der Waals surface area contributed by atoms with E-state index in [0.29, 0.717) is 35.7 Å². The van der Waals surface area contributed by atoms with Crippen LogP contribution in [0.4, 0.5) is 0 Å². The second-order valence-corrected chi connectivity index (χ2v) is 9.09. The quantitative estimate of drug-likeness (QED) is 0.592. The molecule has 0 aliphatic carbocycles. The molecule has 0 bridgehead atoms. The van der Waals surface area contributed by atoms with E-state index in [1.807, 2.05) is 27.8 Å². The second-order valence-electron chi connectivity index (χ2n) is 8.31. The van der Waals surface area contributed by atoms with E-state index in [1.54, 1.807) is 35.0 Å². The van der Waals surface area contributed by atoms with Crippen LogP contribution in [0.25, 0.3) is 16.9 Å². The molecule has 1 fully saturated rings. The molecule has 170 valence electrons. The number of nitrogens with zero attached hydrogens (tertiary/aromatic N) is 5. The molecule has 4 rings (SSSR count). The molecule has 2 amide bonds. The maximum Gasteiger partial charge on any atom is 0.270 e. The third kappa shape index (κ3) is 4.55. The number of imidazole rings is 1. The Morgan fingerprint density at radius 2 is 1.97 bits per heavy atom. The minimum Gasteiger partial charge on any atom is -0.354 e. The van der Waals surface area contributed by atoms with Crippen molar-refractivity contribution in [1.29, 1.82) is 0 Å². The van der Waals surface area contributed by atoms with E-state index in [2.05, 4.69) is 29.2 Å². The maximum absolute atomic E-state index is 13.4. The highest BCUT2D eigenvalue weighted by atomic mass is 32.1. The number of aromatic nitrogens is 2. The smallest absolute Gasteiger partial charge is 0.270 e. The van der Waals surface area contributed by atoms with Gasteiger partial charge in [-0.05, 0) is 57.2 Å². The van der Waals surface area contributed by atoms with Crippen molar-refractivity contribution in [2.45, 2.75) is 6.42 Å². The van der Waals surface area contributed by atoms with E-state index >= 15 is 0 Å². The first-order chi connectivity index (χ1) is 15.5. The lowest BCUT2D eigenvalue weighted by Gasteiger charge is -2.35. The summed E-state index contributed by atoms with van der Waals surface area (Å²) in [7, 11) is 5.78. The Bertz CT molecular complexity index is 1080. The molecule has 1 N–H and O–H groups in total. The van der Waals surface area contributed by atoms with Gasteiger partial charge in [0.15, 0.2) is 5.65 Å². The second kappa shape index (κ2) is 9.81. The molecule has 8 nitrogen and oxygen atoms in total. The van der Waals surface area contributed by atoms with Crippen LogP contribution < -0.4 is 5.32 Å². The molecule has 0 unspecified atom stereocenters. The molecule has 1 saturated heterocycles. The highest BCUT2D eigenvalue weighted by Crippen LogP contribution is 2.28. The maximum atomic E-state index is 13.4. The predicted molar refractivity (Wildman–Crippen MR) is 127 cm³/mol. The number of nitrogens with one attached hydrogen (secondary N) is 1. The first kappa shape index (κ1) is 22.4. The number of carbonyl (C=O) groups excluding carboxylic acids is 2. The summed E-state index contributed by atoms with van der Waals surface area (Å²) >= 11 is 1.55. The van der Waals surface area contributed by atoms with E-state index in [1.165, 1.54) is 0 Å². The van der Waals surface area contributed by atoms with Crippen LogP contribution in [0, 0.1) is 0 Å². The standard InChI is InChI=1S/C23H30N6O2S/c1-24-22(30)20-19(17-7-15-32-16-17)25-21-18(6-4-10-29(20)21)23(31)28-13-11-27(12-14-28)9-5-8-26(2)3/h4,6-7,10,15-16H,5,8-9,11-14H2,1-3H3,(H,24,30). The summed E-state index contributed by atoms with van der Waals surface area (Å²) in [5.74, 6) is -0.261. The molecule has 0 atom stereocenters. The zero-order chi connectivity index (χ0) is 22.7. The summed E-state index contributed by atoms with van der Waals surface area (Å²) < 4.78 is 1.73. The van der Waals surface area contributed by atoms with Crippen molar-refractivity contribution >= 4 is 28.8 Å². The fraction of sp³-hybridized carbons (Fsp3) is 0.435. The van der Waals surface area contributed by atoms with Crippen molar-refractivity contribution in [1.82, 2.24) is 29.4 Å². The Hall–Kier alpha value is -2.75. The van der Waals surface area contributed by atoms with E-state index in [0.717, 1.165) is 38.2 Å². The van der Waals surface area contributed by atoms with Crippen LogP contribution in [0.5, 0.6) is 0 Å². The number of thiophene rings is 1. The molecule has 3 aromatic rings. The molecule has 9 heteroatoms. The van der Waals surface area contributed by atoms with Crippen LogP contribution in [-0.4, -0.2) is 96.3 Å². The Kier molecular flexibility index (Phi) is 6.88. The number of rotatable bonds is 7. The van der Waals surface area contributed by atoms with E-state index < -0.39 is 0 Å². The van der Waals surface area contributed by atoms with Gasteiger partial charge < -0.3 is 15.1 Å². The monoisotopic (exact) mass is 454 g/mol. The normalized spacial score (nSPS) is 14.9. The van der Waals surface area contributed by atoms with Gasteiger partial charge in [0.05, 0.1) is 5.56 Å². The first-order valence-corrected chi connectivity index (χ1v) is 11.9. The molecule has 32 heavy (non-hydrogen) atoms.